The van der Waals surface area contributed by atoms with Gasteiger partial charge in [0.05, 0.1) is 25.9 Å². The number of aromatic nitrogens is 1. The van der Waals surface area contributed by atoms with E-state index in [1.807, 2.05) is 12.1 Å². The highest BCUT2D eigenvalue weighted by Gasteiger charge is 2.24. The molecular weight excluding hydrogens is 364 g/mol. The molecular formula is C20H22N2O2S2. The van der Waals surface area contributed by atoms with Crippen LogP contribution >= 0.6 is 11.3 Å². The van der Waals surface area contributed by atoms with Crippen molar-refractivity contribution in [3.8, 4) is 0 Å². The van der Waals surface area contributed by atoms with Gasteiger partial charge in [0.1, 0.15) is 0 Å². The summed E-state index contributed by atoms with van der Waals surface area (Å²) in [5, 5.41) is 1.22. The van der Waals surface area contributed by atoms with E-state index >= 15 is 0 Å². The van der Waals surface area contributed by atoms with Gasteiger partial charge in [-0.05, 0) is 50.2 Å². The van der Waals surface area contributed by atoms with Crippen LogP contribution in [-0.2, 0) is 9.84 Å². The average molecular weight is 387 g/mol. The van der Waals surface area contributed by atoms with Crippen LogP contribution in [0.15, 0.2) is 59.5 Å². The lowest BCUT2D eigenvalue weighted by Gasteiger charge is -2.30. The molecule has 0 atom stereocenters. The molecule has 0 amide bonds. The number of sulfone groups is 1. The van der Waals surface area contributed by atoms with Crippen molar-refractivity contribution in [3.63, 3.8) is 0 Å². The second-order valence-electron chi connectivity index (χ2n) is 6.77. The van der Waals surface area contributed by atoms with Crippen LogP contribution in [0.4, 0.5) is 0 Å². The fraction of sp³-hybridized carbons (Fsp3) is 0.350. The second kappa shape index (κ2) is 7.47. The lowest BCUT2D eigenvalue weighted by atomic mass is 9.98. The molecule has 1 aliphatic rings. The van der Waals surface area contributed by atoms with Crippen molar-refractivity contribution in [2.75, 3.05) is 25.4 Å². The first-order valence-electron chi connectivity index (χ1n) is 8.97. The van der Waals surface area contributed by atoms with Crippen molar-refractivity contribution >= 4 is 31.4 Å². The summed E-state index contributed by atoms with van der Waals surface area (Å²) >= 11 is 1.79. The van der Waals surface area contributed by atoms with Crippen LogP contribution in [0.2, 0.25) is 0 Å². The number of likely N-dealkylation sites (tertiary alicyclic amines) is 1. The van der Waals surface area contributed by atoms with E-state index in [1.165, 1.54) is 9.71 Å². The number of rotatable bonds is 5. The molecule has 2 aromatic carbocycles. The summed E-state index contributed by atoms with van der Waals surface area (Å²) in [6.45, 7) is 2.47. The van der Waals surface area contributed by atoms with Crippen LogP contribution in [-0.4, -0.2) is 43.7 Å². The number of nitrogens with zero attached hydrogens (tertiary/aromatic N) is 2. The molecule has 26 heavy (non-hydrogen) atoms. The Bertz CT molecular complexity index is 942. The zero-order valence-corrected chi connectivity index (χ0v) is 16.2. The molecule has 2 heterocycles. The van der Waals surface area contributed by atoms with Crippen LogP contribution in [0.25, 0.3) is 10.2 Å². The third kappa shape index (κ3) is 3.82. The fourth-order valence-corrected chi connectivity index (χ4v) is 5.91. The molecule has 0 N–H and O–H groups in total. The van der Waals surface area contributed by atoms with Gasteiger partial charge in [-0.3, -0.25) is 0 Å². The van der Waals surface area contributed by atoms with Gasteiger partial charge in [-0.25, -0.2) is 13.4 Å². The summed E-state index contributed by atoms with van der Waals surface area (Å²) in [6.07, 6.45) is 2.09. The Morgan fingerprint density at radius 2 is 1.69 bits per heavy atom. The summed E-state index contributed by atoms with van der Waals surface area (Å²) < 4.78 is 26.1. The predicted octanol–water partition coefficient (Wildman–Crippen LogP) is 3.95. The fourth-order valence-electron chi connectivity index (χ4n) is 3.46. The van der Waals surface area contributed by atoms with Crippen molar-refractivity contribution in [2.45, 2.75) is 23.7 Å². The lowest BCUT2D eigenvalue weighted by molar-refractivity contribution is 0.223. The summed E-state index contributed by atoms with van der Waals surface area (Å²) in [4.78, 5) is 7.48. The molecule has 0 spiro atoms. The minimum absolute atomic E-state index is 0.183. The molecule has 0 aliphatic carbocycles. The molecule has 6 heteroatoms. The minimum Gasteiger partial charge on any atom is -0.302 e. The van der Waals surface area contributed by atoms with Crippen molar-refractivity contribution in [2.24, 2.45) is 0 Å². The standard InChI is InChI=1S/C20H22N2O2S2/c23-26(24,17-6-2-1-3-7-17)15-14-22-12-10-16(11-13-22)20-21-18-8-4-5-9-19(18)25-20/h1-9,16H,10-15H2. The van der Waals surface area contributed by atoms with Gasteiger partial charge in [0.2, 0.25) is 0 Å². The highest BCUT2D eigenvalue weighted by Crippen LogP contribution is 2.33. The zero-order chi connectivity index (χ0) is 18.0. The molecule has 0 bridgehead atoms. The summed E-state index contributed by atoms with van der Waals surface area (Å²) in [5.41, 5.74) is 1.09. The Morgan fingerprint density at radius 3 is 2.42 bits per heavy atom. The monoisotopic (exact) mass is 386 g/mol. The maximum atomic E-state index is 12.4. The third-order valence-electron chi connectivity index (χ3n) is 5.03. The van der Waals surface area contributed by atoms with Gasteiger partial charge in [-0.15, -0.1) is 11.3 Å². The Kier molecular flexibility index (Phi) is 5.07. The van der Waals surface area contributed by atoms with E-state index in [4.69, 9.17) is 4.98 Å². The SMILES string of the molecule is O=S(=O)(CCN1CCC(c2nc3ccccc3s2)CC1)c1ccccc1. The van der Waals surface area contributed by atoms with Crippen molar-refractivity contribution < 1.29 is 8.42 Å². The molecule has 0 radical (unpaired) electrons. The quantitative estimate of drug-likeness (QED) is 0.666. The number of piperidine rings is 1. The van der Waals surface area contributed by atoms with Crippen LogP contribution in [0.5, 0.6) is 0 Å². The molecule has 3 aromatic rings. The van der Waals surface area contributed by atoms with E-state index in [0.717, 1.165) is 31.4 Å². The van der Waals surface area contributed by atoms with Gasteiger partial charge in [0.25, 0.3) is 0 Å². The van der Waals surface area contributed by atoms with E-state index in [9.17, 15) is 8.42 Å². The smallest absolute Gasteiger partial charge is 0.179 e. The largest absolute Gasteiger partial charge is 0.302 e. The highest BCUT2D eigenvalue weighted by atomic mass is 32.2. The Hall–Kier alpha value is -1.76. The predicted molar refractivity (Wildman–Crippen MR) is 107 cm³/mol. The van der Waals surface area contributed by atoms with Crippen molar-refractivity contribution in [1.29, 1.82) is 0 Å². The maximum absolute atomic E-state index is 12.4. The number of hydrogen-bond acceptors (Lipinski definition) is 5. The number of hydrogen-bond donors (Lipinski definition) is 0. The summed E-state index contributed by atoms with van der Waals surface area (Å²) in [5.74, 6) is 0.678. The number of benzene rings is 2. The van der Waals surface area contributed by atoms with E-state index in [0.29, 0.717) is 17.4 Å². The first-order chi connectivity index (χ1) is 12.6. The normalized spacial score (nSPS) is 16.9. The molecule has 136 valence electrons. The average Bonchev–Trinajstić information content (AvgIpc) is 3.12. The first kappa shape index (κ1) is 17.6. The minimum atomic E-state index is -3.19. The molecule has 0 unspecified atom stereocenters. The van der Waals surface area contributed by atoms with Crippen LogP contribution < -0.4 is 0 Å². The van der Waals surface area contributed by atoms with Crippen molar-refractivity contribution in [1.82, 2.24) is 9.88 Å². The molecule has 4 nitrogen and oxygen atoms in total. The Balaban J connectivity index is 1.34. The molecule has 0 saturated carbocycles. The Morgan fingerprint density at radius 1 is 1.00 bits per heavy atom. The highest BCUT2D eigenvalue weighted by molar-refractivity contribution is 7.91. The molecule has 4 rings (SSSR count). The third-order valence-corrected chi connectivity index (χ3v) is 7.94. The number of fused-ring (bicyclic) bond motifs is 1. The Labute approximate surface area is 158 Å². The van der Waals surface area contributed by atoms with E-state index < -0.39 is 9.84 Å². The van der Waals surface area contributed by atoms with Gasteiger partial charge in [0, 0.05) is 12.5 Å². The van der Waals surface area contributed by atoms with E-state index in [2.05, 4.69) is 23.1 Å². The second-order valence-corrected chi connectivity index (χ2v) is 9.94. The van der Waals surface area contributed by atoms with Crippen molar-refractivity contribution in [3.05, 3.63) is 59.6 Å². The van der Waals surface area contributed by atoms with Crippen LogP contribution in [0.1, 0.15) is 23.8 Å². The topological polar surface area (TPSA) is 50.3 Å². The van der Waals surface area contributed by atoms with E-state index in [1.54, 1.807) is 35.6 Å². The van der Waals surface area contributed by atoms with Gasteiger partial charge >= 0.3 is 0 Å². The summed E-state index contributed by atoms with van der Waals surface area (Å²) in [6, 6.07) is 17.0. The van der Waals surface area contributed by atoms with Gasteiger partial charge in [0.15, 0.2) is 9.84 Å². The molecule has 1 fully saturated rings. The van der Waals surface area contributed by atoms with Crippen LogP contribution in [0.3, 0.4) is 0 Å². The van der Waals surface area contributed by atoms with E-state index in [-0.39, 0.29) is 5.75 Å². The van der Waals surface area contributed by atoms with Gasteiger partial charge in [-0.1, -0.05) is 30.3 Å². The van der Waals surface area contributed by atoms with Gasteiger partial charge < -0.3 is 4.90 Å². The van der Waals surface area contributed by atoms with Crippen LogP contribution in [0, 0.1) is 0 Å². The molecule has 1 aliphatic heterocycles. The number of para-hydroxylation sites is 1. The summed E-state index contributed by atoms with van der Waals surface area (Å²) in [7, 11) is -3.19. The lowest BCUT2D eigenvalue weighted by Crippen LogP contribution is -2.36. The first-order valence-corrected chi connectivity index (χ1v) is 11.4. The van der Waals surface area contributed by atoms with Gasteiger partial charge in [-0.2, -0.15) is 0 Å². The maximum Gasteiger partial charge on any atom is 0.179 e. The zero-order valence-electron chi connectivity index (χ0n) is 14.5. The molecule has 1 saturated heterocycles. The molecule has 1 aromatic heterocycles. The number of thiazole rings is 1.